The largest absolute Gasteiger partial charge is 0.355 e. The maximum absolute atomic E-state index is 11.4. The second-order valence-corrected chi connectivity index (χ2v) is 4.19. The van der Waals surface area contributed by atoms with E-state index in [1.165, 1.54) is 25.7 Å². The van der Waals surface area contributed by atoms with Crippen molar-refractivity contribution >= 4 is 5.91 Å². The van der Waals surface area contributed by atoms with E-state index in [0.29, 0.717) is 18.9 Å². The van der Waals surface area contributed by atoms with E-state index < -0.39 is 0 Å². The number of hydrogen-bond acceptors (Lipinski definition) is 2. The summed E-state index contributed by atoms with van der Waals surface area (Å²) in [5.74, 6) is 0.619. The molecule has 0 aliphatic heterocycles. The maximum Gasteiger partial charge on any atom is 0.220 e. The van der Waals surface area contributed by atoms with Crippen molar-refractivity contribution in [1.29, 1.82) is 5.26 Å². The standard InChI is InChI=1S/C11H18N2O/c1-9(7-12)8-13-11(14)6-10-4-2-3-5-10/h9-10H,2-6,8H2,1H3,(H,13,14). The van der Waals surface area contributed by atoms with E-state index in [2.05, 4.69) is 11.4 Å². The van der Waals surface area contributed by atoms with Gasteiger partial charge in [0.1, 0.15) is 0 Å². The molecular formula is C11H18N2O. The smallest absolute Gasteiger partial charge is 0.220 e. The highest BCUT2D eigenvalue weighted by Gasteiger charge is 2.18. The Morgan fingerprint density at radius 1 is 1.57 bits per heavy atom. The van der Waals surface area contributed by atoms with Gasteiger partial charge < -0.3 is 5.32 Å². The molecule has 1 saturated carbocycles. The number of rotatable bonds is 4. The molecule has 1 unspecified atom stereocenters. The van der Waals surface area contributed by atoms with Crippen LogP contribution in [0.2, 0.25) is 0 Å². The van der Waals surface area contributed by atoms with Crippen LogP contribution in [0.5, 0.6) is 0 Å². The predicted molar refractivity (Wildman–Crippen MR) is 54.4 cm³/mol. The highest BCUT2D eigenvalue weighted by atomic mass is 16.1. The molecule has 0 radical (unpaired) electrons. The molecule has 0 heterocycles. The number of carbonyl (C=O) groups is 1. The van der Waals surface area contributed by atoms with Crippen molar-refractivity contribution in [2.45, 2.75) is 39.0 Å². The summed E-state index contributed by atoms with van der Waals surface area (Å²) in [6.07, 6.45) is 5.58. The van der Waals surface area contributed by atoms with Gasteiger partial charge in [0, 0.05) is 13.0 Å². The number of hydrogen-bond donors (Lipinski definition) is 1. The van der Waals surface area contributed by atoms with Crippen molar-refractivity contribution in [2.75, 3.05) is 6.54 Å². The predicted octanol–water partition coefficient (Wildman–Crippen LogP) is 1.84. The molecular weight excluding hydrogens is 176 g/mol. The third-order valence-electron chi connectivity index (χ3n) is 2.77. The fraction of sp³-hybridized carbons (Fsp3) is 0.818. The average Bonchev–Trinajstić information content (AvgIpc) is 2.66. The second kappa shape index (κ2) is 5.64. The van der Waals surface area contributed by atoms with Gasteiger partial charge in [0.15, 0.2) is 0 Å². The van der Waals surface area contributed by atoms with Crippen LogP contribution in [0, 0.1) is 23.2 Å². The highest BCUT2D eigenvalue weighted by Crippen LogP contribution is 2.27. The first-order valence-corrected chi connectivity index (χ1v) is 5.38. The molecule has 3 heteroatoms. The van der Waals surface area contributed by atoms with Gasteiger partial charge in [-0.2, -0.15) is 5.26 Å². The monoisotopic (exact) mass is 194 g/mol. The van der Waals surface area contributed by atoms with Crippen molar-refractivity contribution in [3.8, 4) is 6.07 Å². The Hall–Kier alpha value is -1.04. The van der Waals surface area contributed by atoms with E-state index in [1.807, 2.05) is 6.92 Å². The molecule has 1 aliphatic carbocycles. The van der Waals surface area contributed by atoms with Crippen LogP contribution in [-0.4, -0.2) is 12.5 Å². The number of nitrogens with zero attached hydrogens (tertiary/aromatic N) is 1. The minimum Gasteiger partial charge on any atom is -0.355 e. The summed E-state index contributed by atoms with van der Waals surface area (Å²) in [6.45, 7) is 2.30. The van der Waals surface area contributed by atoms with Crippen molar-refractivity contribution < 1.29 is 4.79 Å². The van der Waals surface area contributed by atoms with Gasteiger partial charge in [-0.15, -0.1) is 0 Å². The summed E-state index contributed by atoms with van der Waals surface area (Å²) in [7, 11) is 0. The summed E-state index contributed by atoms with van der Waals surface area (Å²) in [5.41, 5.74) is 0. The van der Waals surface area contributed by atoms with Gasteiger partial charge in [0.2, 0.25) is 5.91 Å². The first-order valence-electron chi connectivity index (χ1n) is 5.38. The third-order valence-corrected chi connectivity index (χ3v) is 2.77. The van der Waals surface area contributed by atoms with Crippen LogP contribution in [0.15, 0.2) is 0 Å². The third kappa shape index (κ3) is 3.78. The molecule has 1 fully saturated rings. The van der Waals surface area contributed by atoms with E-state index in [9.17, 15) is 4.79 Å². The Morgan fingerprint density at radius 2 is 2.21 bits per heavy atom. The maximum atomic E-state index is 11.4. The molecule has 0 aromatic rings. The van der Waals surface area contributed by atoms with Gasteiger partial charge in [-0.1, -0.05) is 12.8 Å². The zero-order chi connectivity index (χ0) is 10.4. The van der Waals surface area contributed by atoms with Crippen molar-refractivity contribution in [2.24, 2.45) is 11.8 Å². The van der Waals surface area contributed by atoms with E-state index in [-0.39, 0.29) is 11.8 Å². The van der Waals surface area contributed by atoms with Gasteiger partial charge in [-0.05, 0) is 25.7 Å². The van der Waals surface area contributed by atoms with E-state index in [1.54, 1.807) is 0 Å². The lowest BCUT2D eigenvalue weighted by Gasteiger charge is -2.09. The van der Waals surface area contributed by atoms with Crippen molar-refractivity contribution in [3.63, 3.8) is 0 Å². The molecule has 0 aromatic carbocycles. The molecule has 14 heavy (non-hydrogen) atoms. The first kappa shape index (κ1) is 11.0. The molecule has 0 saturated heterocycles. The minimum atomic E-state index is -0.0810. The van der Waals surface area contributed by atoms with Gasteiger partial charge in [-0.25, -0.2) is 0 Å². The number of amides is 1. The molecule has 0 spiro atoms. The van der Waals surface area contributed by atoms with Crippen LogP contribution >= 0.6 is 0 Å². The summed E-state index contributed by atoms with van der Waals surface area (Å²) >= 11 is 0. The van der Waals surface area contributed by atoms with E-state index >= 15 is 0 Å². The molecule has 1 amide bonds. The molecule has 78 valence electrons. The number of nitriles is 1. The normalized spacial score (nSPS) is 18.9. The topological polar surface area (TPSA) is 52.9 Å². The van der Waals surface area contributed by atoms with Crippen LogP contribution in [0.3, 0.4) is 0 Å². The van der Waals surface area contributed by atoms with E-state index in [4.69, 9.17) is 5.26 Å². The van der Waals surface area contributed by atoms with Crippen molar-refractivity contribution in [1.82, 2.24) is 5.32 Å². The SMILES string of the molecule is CC(C#N)CNC(=O)CC1CCCC1. The summed E-state index contributed by atoms with van der Waals surface area (Å²) < 4.78 is 0. The van der Waals surface area contributed by atoms with Gasteiger partial charge in [-0.3, -0.25) is 4.79 Å². The van der Waals surface area contributed by atoms with Gasteiger partial charge in [0.05, 0.1) is 12.0 Å². The Labute approximate surface area is 85.5 Å². The molecule has 1 rings (SSSR count). The van der Waals surface area contributed by atoms with Crippen LogP contribution < -0.4 is 5.32 Å². The Morgan fingerprint density at radius 3 is 2.79 bits per heavy atom. The van der Waals surface area contributed by atoms with Crippen LogP contribution in [0.25, 0.3) is 0 Å². The summed E-state index contributed by atoms with van der Waals surface area (Å²) in [5, 5.41) is 11.3. The fourth-order valence-corrected chi connectivity index (χ4v) is 1.86. The summed E-state index contributed by atoms with van der Waals surface area (Å²) in [6, 6.07) is 2.10. The average molecular weight is 194 g/mol. The van der Waals surface area contributed by atoms with E-state index in [0.717, 1.165) is 0 Å². The zero-order valence-electron chi connectivity index (χ0n) is 8.75. The first-order chi connectivity index (χ1) is 6.72. The lowest BCUT2D eigenvalue weighted by molar-refractivity contribution is -0.122. The van der Waals surface area contributed by atoms with Gasteiger partial charge >= 0.3 is 0 Å². The molecule has 1 atom stereocenters. The lowest BCUT2D eigenvalue weighted by Crippen LogP contribution is -2.28. The molecule has 1 N–H and O–H groups in total. The highest BCUT2D eigenvalue weighted by molar-refractivity contribution is 5.76. The molecule has 0 aromatic heterocycles. The minimum absolute atomic E-state index is 0.0810. The Bertz CT molecular complexity index is 226. The fourth-order valence-electron chi connectivity index (χ4n) is 1.86. The van der Waals surface area contributed by atoms with Crippen LogP contribution in [0.4, 0.5) is 0 Å². The Balaban J connectivity index is 2.12. The number of nitrogens with one attached hydrogen (secondary N) is 1. The molecule has 1 aliphatic rings. The zero-order valence-corrected chi connectivity index (χ0v) is 8.75. The number of carbonyl (C=O) groups excluding carboxylic acids is 1. The van der Waals surface area contributed by atoms with Crippen LogP contribution in [-0.2, 0) is 4.79 Å². The van der Waals surface area contributed by atoms with Crippen molar-refractivity contribution in [3.05, 3.63) is 0 Å². The molecule has 0 bridgehead atoms. The van der Waals surface area contributed by atoms with Gasteiger partial charge in [0.25, 0.3) is 0 Å². The molecule has 3 nitrogen and oxygen atoms in total. The lowest BCUT2D eigenvalue weighted by atomic mass is 10.0. The quantitative estimate of drug-likeness (QED) is 0.742. The summed E-state index contributed by atoms with van der Waals surface area (Å²) in [4.78, 5) is 11.4. The Kier molecular flexibility index (Phi) is 4.45. The van der Waals surface area contributed by atoms with Crippen LogP contribution in [0.1, 0.15) is 39.0 Å². The second-order valence-electron chi connectivity index (χ2n) is 4.19.